The van der Waals surface area contributed by atoms with Crippen LogP contribution in [-0.2, 0) is 6.54 Å². The van der Waals surface area contributed by atoms with Gasteiger partial charge in [-0.1, -0.05) is 17.7 Å². The molecule has 2 N–H and O–H groups in total. The van der Waals surface area contributed by atoms with E-state index in [9.17, 15) is 5.11 Å². The summed E-state index contributed by atoms with van der Waals surface area (Å²) >= 11 is 0. The van der Waals surface area contributed by atoms with Crippen molar-refractivity contribution >= 4 is 5.69 Å². The van der Waals surface area contributed by atoms with Crippen molar-refractivity contribution in [3.05, 3.63) is 29.3 Å². The van der Waals surface area contributed by atoms with Crippen LogP contribution in [0.3, 0.4) is 0 Å². The molecular formula is C17H26N2O. The molecular weight excluding hydrogens is 248 g/mol. The van der Waals surface area contributed by atoms with Gasteiger partial charge in [0.2, 0.25) is 0 Å². The molecule has 2 saturated carbocycles. The molecule has 0 radical (unpaired) electrons. The predicted octanol–water partition coefficient (Wildman–Crippen LogP) is 2.60. The van der Waals surface area contributed by atoms with E-state index in [2.05, 4.69) is 35.3 Å². The quantitative estimate of drug-likeness (QED) is 0.802. The topological polar surface area (TPSA) is 35.5 Å². The van der Waals surface area contributed by atoms with Crippen LogP contribution in [0, 0.1) is 6.92 Å². The fraction of sp³-hybridized carbons (Fsp3) is 0.647. The van der Waals surface area contributed by atoms with Gasteiger partial charge in [-0.15, -0.1) is 0 Å². The largest absolute Gasteiger partial charge is 0.395 e. The van der Waals surface area contributed by atoms with Gasteiger partial charge in [-0.2, -0.15) is 0 Å². The van der Waals surface area contributed by atoms with Gasteiger partial charge >= 0.3 is 0 Å². The lowest BCUT2D eigenvalue weighted by molar-refractivity contribution is 0.283. The molecule has 3 heteroatoms. The molecule has 0 aliphatic heterocycles. The van der Waals surface area contributed by atoms with E-state index in [-0.39, 0.29) is 6.61 Å². The van der Waals surface area contributed by atoms with Crippen molar-refractivity contribution in [1.29, 1.82) is 0 Å². The van der Waals surface area contributed by atoms with Crippen molar-refractivity contribution in [2.24, 2.45) is 0 Å². The monoisotopic (exact) mass is 274 g/mol. The molecule has 3 nitrogen and oxygen atoms in total. The van der Waals surface area contributed by atoms with Crippen molar-refractivity contribution in [1.82, 2.24) is 5.32 Å². The van der Waals surface area contributed by atoms with Crippen molar-refractivity contribution in [2.75, 3.05) is 18.1 Å². The molecule has 0 atom stereocenters. The first kappa shape index (κ1) is 13.9. The van der Waals surface area contributed by atoms with Crippen LogP contribution in [0.15, 0.2) is 18.2 Å². The average molecular weight is 274 g/mol. The maximum atomic E-state index is 9.38. The van der Waals surface area contributed by atoms with Crippen molar-refractivity contribution in [3.8, 4) is 0 Å². The van der Waals surface area contributed by atoms with Crippen LogP contribution in [-0.4, -0.2) is 30.3 Å². The van der Waals surface area contributed by atoms with E-state index in [1.165, 1.54) is 48.9 Å². The van der Waals surface area contributed by atoms with Crippen LogP contribution >= 0.6 is 0 Å². The molecule has 1 aromatic rings. The zero-order chi connectivity index (χ0) is 13.9. The van der Waals surface area contributed by atoms with Crippen LogP contribution < -0.4 is 10.2 Å². The van der Waals surface area contributed by atoms with E-state index in [0.717, 1.165) is 19.1 Å². The second-order valence-electron chi connectivity index (χ2n) is 6.29. The summed E-state index contributed by atoms with van der Waals surface area (Å²) in [7, 11) is 0. The fourth-order valence-corrected chi connectivity index (χ4v) is 2.98. The first-order valence-electron chi connectivity index (χ1n) is 7.98. The summed E-state index contributed by atoms with van der Waals surface area (Å²) in [6.45, 7) is 4.10. The lowest BCUT2D eigenvalue weighted by Crippen LogP contribution is -2.42. The molecule has 0 saturated heterocycles. The van der Waals surface area contributed by atoms with Gasteiger partial charge in [-0.05, 0) is 50.7 Å². The number of hydrogen-bond donors (Lipinski definition) is 2. The molecule has 2 aliphatic carbocycles. The molecule has 0 bridgehead atoms. The molecule has 0 aromatic heterocycles. The Labute approximate surface area is 122 Å². The zero-order valence-electron chi connectivity index (χ0n) is 12.4. The highest BCUT2D eigenvalue weighted by atomic mass is 16.3. The van der Waals surface area contributed by atoms with Crippen molar-refractivity contribution in [3.63, 3.8) is 0 Å². The van der Waals surface area contributed by atoms with E-state index in [1.807, 2.05) is 0 Å². The summed E-state index contributed by atoms with van der Waals surface area (Å²) in [5.74, 6) is 0. The molecule has 0 heterocycles. The van der Waals surface area contributed by atoms with Gasteiger partial charge < -0.3 is 15.3 Å². The number of anilines is 1. The van der Waals surface area contributed by atoms with Crippen molar-refractivity contribution < 1.29 is 5.11 Å². The van der Waals surface area contributed by atoms with Gasteiger partial charge in [0.05, 0.1) is 6.61 Å². The maximum absolute atomic E-state index is 9.38. The van der Waals surface area contributed by atoms with Gasteiger partial charge in [0.15, 0.2) is 0 Å². The Morgan fingerprint density at radius 2 is 2.05 bits per heavy atom. The Morgan fingerprint density at radius 1 is 1.25 bits per heavy atom. The van der Waals surface area contributed by atoms with E-state index < -0.39 is 0 Å². The van der Waals surface area contributed by atoms with E-state index in [1.54, 1.807) is 0 Å². The molecule has 3 rings (SSSR count). The molecule has 1 aromatic carbocycles. The second-order valence-corrected chi connectivity index (χ2v) is 6.29. The number of benzene rings is 1. The summed E-state index contributed by atoms with van der Waals surface area (Å²) < 4.78 is 0. The lowest BCUT2D eigenvalue weighted by atomic mass is 9.90. The molecule has 110 valence electrons. The first-order chi connectivity index (χ1) is 9.78. The Bertz CT molecular complexity index is 452. The third kappa shape index (κ3) is 3.15. The number of rotatable bonds is 7. The van der Waals surface area contributed by atoms with Gasteiger partial charge in [0.25, 0.3) is 0 Å². The number of hydrogen-bond acceptors (Lipinski definition) is 3. The highest BCUT2D eigenvalue weighted by Crippen LogP contribution is 2.32. The minimum absolute atomic E-state index is 0.236. The smallest absolute Gasteiger partial charge is 0.0606 e. The molecule has 20 heavy (non-hydrogen) atoms. The SMILES string of the molecule is Cc1ccc(N(CCO)C2CCC2)c(CNC2CC2)c1. The predicted molar refractivity (Wildman–Crippen MR) is 83.1 cm³/mol. The van der Waals surface area contributed by atoms with Crippen LogP contribution in [0.2, 0.25) is 0 Å². The number of aryl methyl sites for hydroxylation is 1. The minimum atomic E-state index is 0.236. The van der Waals surface area contributed by atoms with Gasteiger partial charge in [0.1, 0.15) is 0 Å². The number of nitrogens with zero attached hydrogens (tertiary/aromatic N) is 1. The van der Waals surface area contributed by atoms with Crippen LogP contribution in [0.5, 0.6) is 0 Å². The Kier molecular flexibility index (Phi) is 4.27. The van der Waals surface area contributed by atoms with E-state index in [0.29, 0.717) is 6.04 Å². The summed E-state index contributed by atoms with van der Waals surface area (Å²) in [6, 6.07) is 8.10. The zero-order valence-corrected chi connectivity index (χ0v) is 12.4. The molecule has 0 amide bonds. The third-order valence-electron chi connectivity index (χ3n) is 4.56. The normalized spacial score (nSPS) is 18.9. The number of aliphatic hydroxyl groups is 1. The summed E-state index contributed by atoms with van der Waals surface area (Å²) in [5, 5.41) is 13.0. The third-order valence-corrected chi connectivity index (χ3v) is 4.56. The highest BCUT2D eigenvalue weighted by Gasteiger charge is 2.27. The Morgan fingerprint density at radius 3 is 2.65 bits per heavy atom. The maximum Gasteiger partial charge on any atom is 0.0606 e. The van der Waals surface area contributed by atoms with Gasteiger partial charge in [-0.25, -0.2) is 0 Å². The molecule has 0 unspecified atom stereocenters. The Hall–Kier alpha value is -1.06. The molecule has 2 aliphatic rings. The number of aliphatic hydroxyl groups excluding tert-OH is 1. The molecule has 2 fully saturated rings. The first-order valence-corrected chi connectivity index (χ1v) is 7.98. The highest BCUT2D eigenvalue weighted by molar-refractivity contribution is 5.56. The Balaban J connectivity index is 1.80. The van der Waals surface area contributed by atoms with Crippen LogP contribution in [0.25, 0.3) is 0 Å². The second kappa shape index (κ2) is 6.15. The average Bonchev–Trinajstić information content (AvgIpc) is 3.18. The van der Waals surface area contributed by atoms with E-state index >= 15 is 0 Å². The van der Waals surface area contributed by atoms with E-state index in [4.69, 9.17) is 0 Å². The summed E-state index contributed by atoms with van der Waals surface area (Å²) in [6.07, 6.45) is 6.51. The minimum Gasteiger partial charge on any atom is -0.395 e. The van der Waals surface area contributed by atoms with Crippen molar-refractivity contribution in [2.45, 2.75) is 57.7 Å². The fourth-order valence-electron chi connectivity index (χ4n) is 2.98. The molecule has 0 spiro atoms. The summed E-state index contributed by atoms with van der Waals surface area (Å²) in [4.78, 5) is 2.42. The lowest BCUT2D eigenvalue weighted by Gasteiger charge is -2.40. The van der Waals surface area contributed by atoms with Gasteiger partial charge in [0, 0.05) is 30.9 Å². The van der Waals surface area contributed by atoms with Gasteiger partial charge in [-0.3, -0.25) is 0 Å². The van der Waals surface area contributed by atoms with Crippen LogP contribution in [0.1, 0.15) is 43.2 Å². The van der Waals surface area contributed by atoms with Crippen LogP contribution in [0.4, 0.5) is 5.69 Å². The summed E-state index contributed by atoms with van der Waals surface area (Å²) in [5.41, 5.74) is 4.03. The number of nitrogens with one attached hydrogen (secondary N) is 1. The standard InChI is InChI=1S/C17H26N2O/c1-13-5-8-17(14(11-13)12-18-15-6-7-15)19(9-10-20)16-3-2-4-16/h5,8,11,15-16,18,20H,2-4,6-7,9-10,12H2,1H3.